The van der Waals surface area contributed by atoms with Gasteiger partial charge in [-0.25, -0.2) is 0 Å². The van der Waals surface area contributed by atoms with Crippen molar-refractivity contribution in [2.75, 3.05) is 13.4 Å². The molecule has 7 heteroatoms. The molecule has 0 saturated heterocycles. The minimum absolute atomic E-state index is 0.102. The molecule has 0 bridgehead atoms. The first kappa shape index (κ1) is 19.5. The average molecular weight is 406 g/mol. The summed E-state index contributed by atoms with van der Waals surface area (Å²) < 4.78 is 7.31. The summed E-state index contributed by atoms with van der Waals surface area (Å²) in [5.74, 6) is 0.652. The molecule has 138 valence electrons. The monoisotopic (exact) mass is 405 g/mol. The highest BCUT2D eigenvalue weighted by Gasteiger charge is 2.11. The third kappa shape index (κ3) is 3.86. The number of ether oxygens (including phenoxy) is 1. The fourth-order valence-electron chi connectivity index (χ4n) is 2.59. The zero-order valence-corrected chi connectivity index (χ0v) is 16.8. The minimum Gasteiger partial charge on any atom is -0.497 e. The molecule has 0 spiro atoms. The van der Waals surface area contributed by atoms with Crippen molar-refractivity contribution in [2.45, 2.75) is 4.90 Å². The Kier molecular flexibility index (Phi) is 6.00. The van der Waals surface area contributed by atoms with E-state index in [0.29, 0.717) is 20.6 Å². The molecular formula is C21H15N3O2S2. The van der Waals surface area contributed by atoms with Crippen LogP contribution in [0.3, 0.4) is 0 Å². The van der Waals surface area contributed by atoms with E-state index in [1.807, 2.05) is 42.7 Å². The molecule has 0 unspecified atom stereocenters. The highest BCUT2D eigenvalue weighted by molar-refractivity contribution is 7.98. The van der Waals surface area contributed by atoms with Crippen molar-refractivity contribution in [2.24, 2.45) is 0 Å². The second kappa shape index (κ2) is 8.62. The van der Waals surface area contributed by atoms with Crippen molar-refractivity contribution in [3.63, 3.8) is 0 Å². The number of rotatable bonds is 4. The van der Waals surface area contributed by atoms with Gasteiger partial charge in [0.05, 0.1) is 17.3 Å². The van der Waals surface area contributed by atoms with Crippen LogP contribution in [0.25, 0.3) is 17.3 Å². The first-order chi connectivity index (χ1) is 13.6. The lowest BCUT2D eigenvalue weighted by Crippen LogP contribution is -2.30. The van der Waals surface area contributed by atoms with Gasteiger partial charge in [0.1, 0.15) is 22.6 Å². The SMILES string of the molecule is COc1ccc(-n2c(=C(C#N)C#N)s/c(=C/c3ccc(SC)cc3)c2=O)cc1. The number of nitrogens with zero attached hydrogens (tertiary/aromatic N) is 3. The van der Waals surface area contributed by atoms with Crippen LogP contribution in [0.2, 0.25) is 0 Å². The second-order valence-corrected chi connectivity index (χ2v) is 7.54. The molecule has 0 radical (unpaired) electrons. The zero-order valence-electron chi connectivity index (χ0n) is 15.2. The normalized spacial score (nSPS) is 10.9. The van der Waals surface area contributed by atoms with Crippen LogP contribution in [-0.2, 0) is 0 Å². The quantitative estimate of drug-likeness (QED) is 0.624. The molecule has 0 saturated carbocycles. The molecule has 0 aliphatic rings. The summed E-state index contributed by atoms with van der Waals surface area (Å²) in [6.45, 7) is 0. The first-order valence-corrected chi connectivity index (χ1v) is 10.2. The Bertz CT molecular complexity index is 1240. The number of hydrogen-bond donors (Lipinski definition) is 0. The Hall–Kier alpha value is -3.26. The molecular weight excluding hydrogens is 390 g/mol. The molecule has 5 nitrogen and oxygen atoms in total. The van der Waals surface area contributed by atoms with Crippen LogP contribution in [0.5, 0.6) is 5.75 Å². The van der Waals surface area contributed by atoms with Gasteiger partial charge in [-0.1, -0.05) is 12.1 Å². The average Bonchev–Trinajstić information content (AvgIpc) is 3.05. The molecule has 1 aromatic heterocycles. The van der Waals surface area contributed by atoms with E-state index in [1.54, 1.807) is 49.2 Å². The maximum Gasteiger partial charge on any atom is 0.273 e. The number of aromatic nitrogens is 1. The van der Waals surface area contributed by atoms with Crippen LogP contribution in [0.4, 0.5) is 0 Å². The summed E-state index contributed by atoms with van der Waals surface area (Å²) >= 11 is 2.77. The number of thioether (sulfide) groups is 1. The van der Waals surface area contributed by atoms with Gasteiger partial charge in [-0.3, -0.25) is 9.36 Å². The van der Waals surface area contributed by atoms with Gasteiger partial charge in [-0.05, 0) is 54.3 Å². The highest BCUT2D eigenvalue weighted by atomic mass is 32.2. The zero-order chi connectivity index (χ0) is 20.1. The molecule has 0 aliphatic heterocycles. The highest BCUT2D eigenvalue weighted by Crippen LogP contribution is 2.15. The number of nitriles is 2. The molecule has 1 heterocycles. The Morgan fingerprint density at radius 2 is 1.75 bits per heavy atom. The maximum absolute atomic E-state index is 13.1. The molecule has 3 aromatic rings. The van der Waals surface area contributed by atoms with Crippen molar-refractivity contribution in [3.8, 4) is 23.6 Å². The van der Waals surface area contributed by atoms with Crippen LogP contribution in [0.1, 0.15) is 5.56 Å². The maximum atomic E-state index is 13.1. The minimum atomic E-state index is -0.276. The summed E-state index contributed by atoms with van der Waals surface area (Å²) in [6, 6.07) is 18.5. The smallest absolute Gasteiger partial charge is 0.273 e. The predicted octanol–water partition coefficient (Wildman–Crippen LogP) is 2.66. The topological polar surface area (TPSA) is 78.8 Å². The molecule has 0 aliphatic carbocycles. The van der Waals surface area contributed by atoms with Gasteiger partial charge in [0, 0.05) is 4.90 Å². The molecule has 3 rings (SSSR count). The van der Waals surface area contributed by atoms with Crippen LogP contribution in [-0.4, -0.2) is 17.9 Å². The fourth-order valence-corrected chi connectivity index (χ4v) is 4.05. The van der Waals surface area contributed by atoms with Gasteiger partial charge in [-0.2, -0.15) is 10.5 Å². The van der Waals surface area contributed by atoms with E-state index in [1.165, 1.54) is 4.57 Å². The van der Waals surface area contributed by atoms with E-state index < -0.39 is 0 Å². The van der Waals surface area contributed by atoms with Crippen molar-refractivity contribution in [1.82, 2.24) is 4.57 Å². The van der Waals surface area contributed by atoms with Crippen LogP contribution in [0.15, 0.2) is 58.2 Å². The van der Waals surface area contributed by atoms with E-state index in [9.17, 15) is 15.3 Å². The molecule has 0 N–H and O–H groups in total. The van der Waals surface area contributed by atoms with Gasteiger partial charge in [0.25, 0.3) is 5.56 Å². The lowest BCUT2D eigenvalue weighted by atomic mass is 10.2. The Labute approximate surface area is 170 Å². The number of thiazole rings is 1. The standard InChI is InChI=1S/C21H15N3O2S2/c1-26-17-7-5-16(6-8-17)24-20(25)19(28-21(24)15(12-22)13-23)11-14-3-9-18(27-2)10-4-14/h3-11H,1-2H3/b19-11+. The number of benzene rings is 2. The third-order valence-electron chi connectivity index (χ3n) is 4.01. The third-order valence-corrected chi connectivity index (χ3v) is 5.84. The lowest BCUT2D eigenvalue weighted by molar-refractivity contribution is 0.414. The van der Waals surface area contributed by atoms with E-state index in [-0.39, 0.29) is 11.1 Å². The van der Waals surface area contributed by atoms with E-state index in [4.69, 9.17) is 4.74 Å². The van der Waals surface area contributed by atoms with Gasteiger partial charge in [-0.15, -0.1) is 23.1 Å². The summed E-state index contributed by atoms with van der Waals surface area (Å²) in [5.41, 5.74) is 1.06. The summed E-state index contributed by atoms with van der Waals surface area (Å²) in [5, 5.41) is 18.7. The van der Waals surface area contributed by atoms with Crippen molar-refractivity contribution >= 4 is 34.7 Å². The molecule has 2 aromatic carbocycles. The van der Waals surface area contributed by atoms with Crippen molar-refractivity contribution < 1.29 is 4.74 Å². The predicted molar refractivity (Wildman–Crippen MR) is 112 cm³/mol. The Morgan fingerprint density at radius 1 is 1.11 bits per heavy atom. The van der Waals surface area contributed by atoms with Gasteiger partial charge in [0.15, 0.2) is 5.57 Å². The van der Waals surface area contributed by atoms with Crippen molar-refractivity contribution in [1.29, 1.82) is 10.5 Å². The first-order valence-electron chi connectivity index (χ1n) is 8.18. The van der Waals surface area contributed by atoms with Crippen molar-refractivity contribution in [3.05, 3.63) is 73.6 Å². The van der Waals surface area contributed by atoms with Crippen LogP contribution < -0.4 is 19.5 Å². The largest absolute Gasteiger partial charge is 0.497 e. The molecule has 0 fully saturated rings. The number of hydrogen-bond acceptors (Lipinski definition) is 6. The van der Waals surface area contributed by atoms with Gasteiger partial charge < -0.3 is 4.74 Å². The molecule has 28 heavy (non-hydrogen) atoms. The Balaban J connectivity index is 2.28. The molecule has 0 amide bonds. The number of methoxy groups -OCH3 is 1. The van der Waals surface area contributed by atoms with E-state index >= 15 is 0 Å². The second-order valence-electron chi connectivity index (χ2n) is 5.63. The lowest BCUT2D eigenvalue weighted by Gasteiger charge is -2.04. The summed E-state index contributed by atoms with van der Waals surface area (Å²) in [7, 11) is 1.56. The fraction of sp³-hybridized carbons (Fsp3) is 0.0952. The summed E-state index contributed by atoms with van der Waals surface area (Å²) in [6.07, 6.45) is 3.77. The Morgan fingerprint density at radius 3 is 2.29 bits per heavy atom. The van der Waals surface area contributed by atoms with E-state index in [2.05, 4.69) is 0 Å². The van der Waals surface area contributed by atoms with Gasteiger partial charge in [0.2, 0.25) is 0 Å². The van der Waals surface area contributed by atoms with Crippen LogP contribution in [0, 0.1) is 22.7 Å². The summed E-state index contributed by atoms with van der Waals surface area (Å²) in [4.78, 5) is 14.2. The molecule has 0 atom stereocenters. The van der Waals surface area contributed by atoms with Crippen LogP contribution >= 0.6 is 23.1 Å². The van der Waals surface area contributed by atoms with E-state index in [0.717, 1.165) is 21.8 Å². The van der Waals surface area contributed by atoms with Gasteiger partial charge >= 0.3 is 0 Å².